The molecule has 2 rings (SSSR count). The third-order valence-electron chi connectivity index (χ3n) is 2.05. The summed E-state index contributed by atoms with van der Waals surface area (Å²) in [5.74, 6) is -0.668. The van der Waals surface area contributed by atoms with Crippen molar-refractivity contribution in [2.24, 2.45) is 5.73 Å². The first-order valence-electron chi connectivity index (χ1n) is 4.36. The van der Waals surface area contributed by atoms with Gasteiger partial charge < -0.3 is 10.8 Å². The predicted octanol–water partition coefficient (Wildman–Crippen LogP) is 0.752. The van der Waals surface area contributed by atoms with Gasteiger partial charge in [0, 0.05) is 11.1 Å². The molecule has 0 unspecified atom stereocenters. The lowest BCUT2D eigenvalue weighted by atomic mass is 10.2. The lowest BCUT2D eigenvalue weighted by molar-refractivity contribution is 0.0997. The van der Waals surface area contributed by atoms with Gasteiger partial charge in [-0.05, 0) is 18.2 Å². The van der Waals surface area contributed by atoms with Gasteiger partial charge in [-0.15, -0.1) is 0 Å². The highest BCUT2D eigenvalue weighted by atomic mass is 16.4. The van der Waals surface area contributed by atoms with Crippen molar-refractivity contribution in [1.82, 2.24) is 10.2 Å². The van der Waals surface area contributed by atoms with Crippen LogP contribution >= 0.6 is 0 Å². The number of hydrogen-bond donors (Lipinski definition) is 4. The summed E-state index contributed by atoms with van der Waals surface area (Å²) in [5, 5.41) is 17.6. The van der Waals surface area contributed by atoms with Gasteiger partial charge in [0.25, 0.3) is 5.91 Å². The Morgan fingerprint density at radius 2 is 2.19 bits per heavy atom. The number of benzene rings is 1. The first-order valence-corrected chi connectivity index (χ1v) is 4.36. The molecule has 16 heavy (non-hydrogen) atoms. The van der Waals surface area contributed by atoms with Crippen LogP contribution in [0, 0.1) is 0 Å². The Morgan fingerprint density at radius 3 is 2.81 bits per heavy atom. The zero-order valence-electron chi connectivity index (χ0n) is 8.02. The summed E-state index contributed by atoms with van der Waals surface area (Å²) >= 11 is 0. The highest BCUT2D eigenvalue weighted by Crippen LogP contribution is 2.20. The second-order valence-corrected chi connectivity index (χ2v) is 3.13. The summed E-state index contributed by atoms with van der Waals surface area (Å²) in [5.41, 5.74) is 6.17. The number of nitrogens with two attached hydrogens (primary N) is 1. The van der Waals surface area contributed by atoms with Crippen LogP contribution in [0.1, 0.15) is 10.5 Å². The normalized spacial score (nSPS) is 10.2. The summed E-state index contributed by atoms with van der Waals surface area (Å²) in [4.78, 5) is 21.4. The first kappa shape index (κ1) is 9.97. The molecule has 2 amide bonds. The van der Waals surface area contributed by atoms with Gasteiger partial charge in [0.05, 0.1) is 5.52 Å². The van der Waals surface area contributed by atoms with Gasteiger partial charge in [0.15, 0.2) is 5.69 Å². The van der Waals surface area contributed by atoms with E-state index in [0.29, 0.717) is 16.6 Å². The van der Waals surface area contributed by atoms with Crippen LogP contribution in [0.15, 0.2) is 18.2 Å². The van der Waals surface area contributed by atoms with Crippen LogP contribution in [-0.2, 0) is 0 Å². The van der Waals surface area contributed by atoms with E-state index in [4.69, 9.17) is 10.8 Å². The Bertz CT molecular complexity index is 575. The smallest absolute Gasteiger partial charge is 0.409 e. The molecule has 0 saturated carbocycles. The highest BCUT2D eigenvalue weighted by molar-refractivity contribution is 6.05. The number of aromatic amines is 1. The molecule has 0 spiro atoms. The summed E-state index contributed by atoms with van der Waals surface area (Å²) in [6, 6.07) is 4.66. The fourth-order valence-corrected chi connectivity index (χ4v) is 1.40. The maximum atomic E-state index is 11.0. The molecule has 0 bridgehead atoms. The minimum atomic E-state index is -1.18. The third-order valence-corrected chi connectivity index (χ3v) is 2.05. The molecule has 1 aromatic carbocycles. The molecule has 0 aliphatic carbocycles. The van der Waals surface area contributed by atoms with Crippen molar-refractivity contribution in [1.29, 1.82) is 0 Å². The molecule has 7 nitrogen and oxygen atoms in total. The quantitative estimate of drug-likeness (QED) is 0.596. The summed E-state index contributed by atoms with van der Waals surface area (Å²) < 4.78 is 0. The standard InChI is InChI=1S/C9H8N4O3/c10-8(14)7-5-3-4(11-9(15)16)1-2-6(5)12-13-7/h1-3,11H,(H2,10,14)(H,12,13)(H,15,16). The Kier molecular flexibility index (Phi) is 2.20. The zero-order valence-corrected chi connectivity index (χ0v) is 8.02. The molecule has 0 aliphatic rings. The molecular weight excluding hydrogens is 212 g/mol. The van der Waals surface area contributed by atoms with E-state index >= 15 is 0 Å². The van der Waals surface area contributed by atoms with Crippen LogP contribution in [0.4, 0.5) is 10.5 Å². The molecule has 1 heterocycles. The van der Waals surface area contributed by atoms with Gasteiger partial charge in [0.1, 0.15) is 0 Å². The summed E-state index contributed by atoms with van der Waals surface area (Å²) in [7, 11) is 0. The minimum Gasteiger partial charge on any atom is -0.465 e. The zero-order chi connectivity index (χ0) is 11.7. The van der Waals surface area contributed by atoms with E-state index < -0.39 is 12.0 Å². The van der Waals surface area contributed by atoms with E-state index in [-0.39, 0.29) is 5.69 Å². The maximum absolute atomic E-state index is 11.0. The van der Waals surface area contributed by atoms with Crippen molar-refractivity contribution in [2.75, 3.05) is 5.32 Å². The number of anilines is 1. The minimum absolute atomic E-state index is 0.0871. The van der Waals surface area contributed by atoms with Gasteiger partial charge >= 0.3 is 6.09 Å². The van der Waals surface area contributed by atoms with Gasteiger partial charge in [-0.1, -0.05) is 0 Å². The van der Waals surface area contributed by atoms with Crippen molar-refractivity contribution in [3.8, 4) is 0 Å². The molecule has 0 saturated heterocycles. The number of hydrogen-bond acceptors (Lipinski definition) is 3. The number of H-pyrrole nitrogens is 1. The fourth-order valence-electron chi connectivity index (χ4n) is 1.40. The summed E-state index contributed by atoms with van der Waals surface area (Å²) in [6.07, 6.45) is -1.18. The Balaban J connectivity index is 2.54. The topological polar surface area (TPSA) is 121 Å². The monoisotopic (exact) mass is 220 g/mol. The number of carboxylic acid groups (broad SMARTS) is 1. The van der Waals surface area contributed by atoms with Crippen LogP contribution in [0.25, 0.3) is 10.9 Å². The number of aromatic nitrogens is 2. The fraction of sp³-hybridized carbons (Fsp3) is 0. The lowest BCUT2D eigenvalue weighted by Gasteiger charge is -2.00. The van der Waals surface area contributed by atoms with E-state index in [0.717, 1.165) is 0 Å². The van der Waals surface area contributed by atoms with Crippen molar-refractivity contribution < 1.29 is 14.7 Å². The molecular formula is C9H8N4O3. The Morgan fingerprint density at radius 1 is 1.44 bits per heavy atom. The van der Waals surface area contributed by atoms with Gasteiger partial charge in [-0.3, -0.25) is 15.2 Å². The number of primary amides is 1. The number of carbonyl (C=O) groups is 2. The average Bonchev–Trinajstić information content (AvgIpc) is 2.59. The first-order chi connectivity index (χ1) is 7.58. The predicted molar refractivity (Wildman–Crippen MR) is 56.3 cm³/mol. The third kappa shape index (κ3) is 1.65. The largest absolute Gasteiger partial charge is 0.465 e. The summed E-state index contributed by atoms with van der Waals surface area (Å²) in [6.45, 7) is 0. The van der Waals surface area contributed by atoms with Gasteiger partial charge in [0.2, 0.25) is 0 Å². The second-order valence-electron chi connectivity index (χ2n) is 3.13. The SMILES string of the molecule is NC(=O)c1n[nH]c2ccc(NC(=O)O)cc12. The van der Waals surface area contributed by atoms with E-state index in [2.05, 4.69) is 15.5 Å². The number of carbonyl (C=O) groups excluding carboxylic acids is 1. The van der Waals surface area contributed by atoms with E-state index in [9.17, 15) is 9.59 Å². The van der Waals surface area contributed by atoms with Crippen LogP contribution in [0.3, 0.4) is 0 Å². The van der Waals surface area contributed by atoms with E-state index in [1.807, 2.05) is 0 Å². The van der Waals surface area contributed by atoms with Gasteiger partial charge in [-0.2, -0.15) is 5.10 Å². The molecule has 5 N–H and O–H groups in total. The van der Waals surface area contributed by atoms with Crippen molar-refractivity contribution in [3.05, 3.63) is 23.9 Å². The molecule has 0 fully saturated rings. The Hall–Kier alpha value is -2.57. The number of fused-ring (bicyclic) bond motifs is 1. The van der Waals surface area contributed by atoms with Crippen LogP contribution in [0.5, 0.6) is 0 Å². The van der Waals surface area contributed by atoms with Crippen molar-refractivity contribution >= 4 is 28.6 Å². The molecule has 2 aromatic rings. The number of nitrogens with zero attached hydrogens (tertiary/aromatic N) is 1. The maximum Gasteiger partial charge on any atom is 0.409 e. The molecule has 0 atom stereocenters. The van der Waals surface area contributed by atoms with Crippen LogP contribution in [0.2, 0.25) is 0 Å². The number of nitrogens with one attached hydrogen (secondary N) is 2. The molecule has 82 valence electrons. The molecule has 1 aromatic heterocycles. The molecule has 0 aliphatic heterocycles. The van der Waals surface area contributed by atoms with E-state index in [1.54, 1.807) is 12.1 Å². The van der Waals surface area contributed by atoms with E-state index in [1.165, 1.54) is 6.07 Å². The second kappa shape index (κ2) is 3.54. The Labute approximate surface area is 89.2 Å². The average molecular weight is 220 g/mol. The van der Waals surface area contributed by atoms with Gasteiger partial charge in [-0.25, -0.2) is 4.79 Å². The molecule has 7 heteroatoms. The molecule has 0 radical (unpaired) electrons. The van der Waals surface area contributed by atoms with Crippen molar-refractivity contribution in [2.45, 2.75) is 0 Å². The number of rotatable bonds is 2. The highest BCUT2D eigenvalue weighted by Gasteiger charge is 2.11. The lowest BCUT2D eigenvalue weighted by Crippen LogP contribution is -2.12. The number of amides is 2. The van der Waals surface area contributed by atoms with Crippen LogP contribution in [-0.4, -0.2) is 27.3 Å². The van der Waals surface area contributed by atoms with Crippen LogP contribution < -0.4 is 11.1 Å². The van der Waals surface area contributed by atoms with Crippen molar-refractivity contribution in [3.63, 3.8) is 0 Å².